The summed E-state index contributed by atoms with van der Waals surface area (Å²) in [6.07, 6.45) is 1.61. The van der Waals surface area contributed by atoms with Gasteiger partial charge in [0.2, 0.25) is 0 Å². The van der Waals surface area contributed by atoms with E-state index >= 15 is 0 Å². The molecule has 0 radical (unpaired) electrons. The number of hydrogen-bond donors (Lipinski definition) is 2. The van der Waals surface area contributed by atoms with Gasteiger partial charge in [-0.25, -0.2) is 0 Å². The van der Waals surface area contributed by atoms with E-state index in [1.54, 1.807) is 0 Å². The Hall–Kier alpha value is -1.75. The van der Waals surface area contributed by atoms with Crippen LogP contribution in [-0.4, -0.2) is 48.2 Å². The van der Waals surface area contributed by atoms with Gasteiger partial charge in [0.15, 0.2) is 0 Å². The number of aliphatic carboxylic acids is 1. The third-order valence-electron chi connectivity index (χ3n) is 3.84. The summed E-state index contributed by atoms with van der Waals surface area (Å²) in [4.78, 5) is 15.7. The van der Waals surface area contributed by atoms with E-state index in [1.165, 1.54) is 0 Å². The third kappa shape index (κ3) is 3.42. The molecule has 1 aliphatic heterocycles. The first-order chi connectivity index (χ1) is 9.61. The van der Waals surface area contributed by atoms with Gasteiger partial charge < -0.3 is 15.7 Å². The molecule has 0 saturated carbocycles. The molecule has 20 heavy (non-hydrogen) atoms. The Morgan fingerprint density at radius 2 is 2.05 bits per heavy atom. The summed E-state index contributed by atoms with van der Waals surface area (Å²) in [5.74, 6) is -0.704. The molecule has 5 heteroatoms. The number of carboxylic acid groups (broad SMARTS) is 1. The summed E-state index contributed by atoms with van der Waals surface area (Å²) in [6.45, 7) is 5.28. The molecule has 1 heterocycles. The molecule has 1 aromatic carbocycles. The molecule has 1 saturated heterocycles. The Morgan fingerprint density at radius 1 is 1.35 bits per heavy atom. The highest BCUT2D eigenvalue weighted by atomic mass is 16.4. The number of carbonyl (C=O) groups is 1. The van der Waals surface area contributed by atoms with Crippen molar-refractivity contribution in [2.45, 2.75) is 25.8 Å². The molecule has 0 aromatic heterocycles. The molecular weight excluding hydrogens is 254 g/mol. The van der Waals surface area contributed by atoms with Gasteiger partial charge in [-0.15, -0.1) is 0 Å². The predicted molar refractivity (Wildman–Crippen MR) is 81.0 cm³/mol. The lowest BCUT2D eigenvalue weighted by Crippen LogP contribution is -2.52. The van der Waals surface area contributed by atoms with Crippen LogP contribution in [0.2, 0.25) is 0 Å². The second kappa shape index (κ2) is 6.61. The number of nitrogens with two attached hydrogens (primary N) is 1. The molecule has 0 aliphatic carbocycles. The van der Waals surface area contributed by atoms with E-state index in [0.29, 0.717) is 6.42 Å². The van der Waals surface area contributed by atoms with E-state index in [4.69, 9.17) is 5.73 Å². The largest absolute Gasteiger partial charge is 0.480 e. The van der Waals surface area contributed by atoms with E-state index in [-0.39, 0.29) is 6.04 Å². The van der Waals surface area contributed by atoms with Crippen molar-refractivity contribution in [3.05, 3.63) is 24.3 Å². The summed E-state index contributed by atoms with van der Waals surface area (Å²) in [5.41, 5.74) is 7.69. The fourth-order valence-electron chi connectivity index (χ4n) is 2.75. The molecule has 0 bridgehead atoms. The Labute approximate surface area is 120 Å². The van der Waals surface area contributed by atoms with Crippen molar-refractivity contribution >= 4 is 17.3 Å². The Morgan fingerprint density at radius 3 is 2.60 bits per heavy atom. The molecule has 1 fully saturated rings. The maximum absolute atomic E-state index is 11.3. The summed E-state index contributed by atoms with van der Waals surface area (Å²) >= 11 is 0. The molecule has 1 unspecified atom stereocenters. The highest BCUT2D eigenvalue weighted by molar-refractivity contribution is 5.73. The van der Waals surface area contributed by atoms with E-state index in [9.17, 15) is 9.90 Å². The van der Waals surface area contributed by atoms with Gasteiger partial charge in [-0.05, 0) is 24.6 Å². The summed E-state index contributed by atoms with van der Waals surface area (Å²) in [5, 5.41) is 9.30. The van der Waals surface area contributed by atoms with Crippen molar-refractivity contribution in [1.29, 1.82) is 0 Å². The fraction of sp³-hybridized carbons (Fsp3) is 0.533. The highest BCUT2D eigenvalue weighted by Gasteiger charge is 2.28. The molecule has 3 N–H and O–H groups in total. The normalized spacial score (nSPS) is 17.9. The standard InChI is InChI=1S/C15H23N3O2/c1-2-4-14(15(19)20)18-9-7-17(8-10-18)13-6-3-5-12(16)11-13/h3,5-6,11,14H,2,4,7-10,16H2,1H3,(H,19,20). The molecular formula is C15H23N3O2. The Bertz CT molecular complexity index is 456. The monoisotopic (exact) mass is 277 g/mol. The van der Waals surface area contributed by atoms with Crippen LogP contribution in [0.3, 0.4) is 0 Å². The van der Waals surface area contributed by atoms with Gasteiger partial charge in [0, 0.05) is 37.6 Å². The summed E-state index contributed by atoms with van der Waals surface area (Å²) in [7, 11) is 0. The topological polar surface area (TPSA) is 69.8 Å². The van der Waals surface area contributed by atoms with Crippen LogP contribution in [0.25, 0.3) is 0 Å². The number of hydrogen-bond acceptors (Lipinski definition) is 4. The minimum absolute atomic E-state index is 0.344. The van der Waals surface area contributed by atoms with Crippen LogP contribution in [-0.2, 0) is 4.79 Å². The second-order valence-electron chi connectivity index (χ2n) is 5.26. The number of carboxylic acids is 1. The van der Waals surface area contributed by atoms with E-state index < -0.39 is 5.97 Å². The van der Waals surface area contributed by atoms with Gasteiger partial charge in [-0.2, -0.15) is 0 Å². The Balaban J connectivity index is 1.96. The number of benzene rings is 1. The summed E-state index contributed by atoms with van der Waals surface area (Å²) < 4.78 is 0. The minimum atomic E-state index is -0.704. The minimum Gasteiger partial charge on any atom is -0.480 e. The van der Waals surface area contributed by atoms with Gasteiger partial charge in [0.25, 0.3) is 0 Å². The smallest absolute Gasteiger partial charge is 0.320 e. The van der Waals surface area contributed by atoms with Crippen molar-refractivity contribution in [2.24, 2.45) is 0 Å². The van der Waals surface area contributed by atoms with Gasteiger partial charge in [0.1, 0.15) is 6.04 Å². The lowest BCUT2D eigenvalue weighted by atomic mass is 10.1. The second-order valence-corrected chi connectivity index (χ2v) is 5.26. The SMILES string of the molecule is CCCC(C(=O)O)N1CCN(c2cccc(N)c2)CC1. The highest BCUT2D eigenvalue weighted by Crippen LogP contribution is 2.20. The van der Waals surface area contributed by atoms with E-state index in [2.05, 4.69) is 9.80 Å². The van der Waals surface area contributed by atoms with Crippen molar-refractivity contribution in [3.63, 3.8) is 0 Å². The average molecular weight is 277 g/mol. The van der Waals surface area contributed by atoms with Crippen LogP contribution < -0.4 is 10.6 Å². The van der Waals surface area contributed by atoms with Crippen molar-refractivity contribution in [2.75, 3.05) is 36.8 Å². The lowest BCUT2D eigenvalue weighted by Gasteiger charge is -2.38. The zero-order chi connectivity index (χ0) is 14.5. The van der Waals surface area contributed by atoms with Gasteiger partial charge in [-0.1, -0.05) is 19.4 Å². The van der Waals surface area contributed by atoms with E-state index in [0.717, 1.165) is 44.0 Å². The zero-order valence-electron chi connectivity index (χ0n) is 12.0. The average Bonchev–Trinajstić information content (AvgIpc) is 2.45. The fourth-order valence-corrected chi connectivity index (χ4v) is 2.75. The lowest BCUT2D eigenvalue weighted by molar-refractivity contribution is -0.143. The maximum atomic E-state index is 11.3. The van der Waals surface area contributed by atoms with Crippen LogP contribution >= 0.6 is 0 Å². The molecule has 1 aromatic rings. The quantitative estimate of drug-likeness (QED) is 0.801. The van der Waals surface area contributed by atoms with Crippen LogP contribution in [0.4, 0.5) is 11.4 Å². The molecule has 1 atom stereocenters. The number of anilines is 2. The molecule has 0 amide bonds. The van der Waals surface area contributed by atoms with Crippen LogP contribution in [0.15, 0.2) is 24.3 Å². The van der Waals surface area contributed by atoms with Crippen LogP contribution in [0.5, 0.6) is 0 Å². The molecule has 5 nitrogen and oxygen atoms in total. The number of nitrogens with zero attached hydrogens (tertiary/aromatic N) is 2. The van der Waals surface area contributed by atoms with Gasteiger partial charge in [-0.3, -0.25) is 9.69 Å². The van der Waals surface area contributed by atoms with E-state index in [1.807, 2.05) is 31.2 Å². The maximum Gasteiger partial charge on any atom is 0.320 e. The van der Waals surface area contributed by atoms with Crippen LogP contribution in [0.1, 0.15) is 19.8 Å². The molecule has 0 spiro atoms. The number of piperazine rings is 1. The van der Waals surface area contributed by atoms with Gasteiger partial charge >= 0.3 is 5.97 Å². The first-order valence-electron chi connectivity index (χ1n) is 7.19. The molecule has 2 rings (SSSR count). The number of rotatable bonds is 5. The molecule has 110 valence electrons. The van der Waals surface area contributed by atoms with Crippen molar-refractivity contribution in [3.8, 4) is 0 Å². The van der Waals surface area contributed by atoms with Crippen LogP contribution in [0, 0.1) is 0 Å². The first-order valence-corrected chi connectivity index (χ1v) is 7.19. The number of nitrogen functional groups attached to an aromatic ring is 1. The van der Waals surface area contributed by atoms with Gasteiger partial charge in [0.05, 0.1) is 0 Å². The first kappa shape index (κ1) is 14.7. The van der Waals surface area contributed by atoms with Crippen molar-refractivity contribution < 1.29 is 9.90 Å². The molecule has 1 aliphatic rings. The van der Waals surface area contributed by atoms with Crippen molar-refractivity contribution in [1.82, 2.24) is 4.90 Å². The predicted octanol–water partition coefficient (Wildman–Crippen LogP) is 1.64. The summed E-state index contributed by atoms with van der Waals surface area (Å²) in [6, 6.07) is 7.50. The third-order valence-corrected chi connectivity index (χ3v) is 3.84. The zero-order valence-corrected chi connectivity index (χ0v) is 12.0. The Kier molecular flexibility index (Phi) is 4.84.